The van der Waals surface area contributed by atoms with Gasteiger partial charge in [0.25, 0.3) is 5.56 Å². The Hall–Kier alpha value is -4.40. The number of ether oxygens (including phenoxy) is 1. The fourth-order valence-corrected chi connectivity index (χ4v) is 4.98. The van der Waals surface area contributed by atoms with Crippen molar-refractivity contribution in [2.75, 3.05) is 12.4 Å². The number of allylic oxidation sites excluding steroid dienone is 2. The average molecular weight is 488 g/mol. The summed E-state index contributed by atoms with van der Waals surface area (Å²) in [5.41, 5.74) is 1.50. The topological polar surface area (TPSA) is 120 Å². The number of anilines is 1. The number of Topliss-reactive ketones (excluding diaryl/α,β-unsaturated/α-hetero) is 1. The van der Waals surface area contributed by atoms with E-state index in [1.54, 1.807) is 12.1 Å². The van der Waals surface area contributed by atoms with Crippen LogP contribution in [0.4, 0.5) is 5.82 Å². The number of phenolic OH excluding ortho intramolecular Hbond substituents is 1. The number of hydrogen-bond acceptors (Lipinski definition) is 7. The Balaban J connectivity index is 1.82. The number of methoxy groups -OCH3 is 1. The molecule has 9 heteroatoms. The second kappa shape index (κ2) is 9.33. The number of ketones is 1. The highest BCUT2D eigenvalue weighted by atomic mass is 16.5. The molecule has 9 nitrogen and oxygen atoms in total. The Morgan fingerprint density at radius 1 is 1.03 bits per heavy atom. The predicted molar refractivity (Wildman–Crippen MR) is 132 cm³/mol. The highest BCUT2D eigenvalue weighted by Gasteiger charge is 2.39. The molecular formula is C27H25N3O6. The second-order valence-electron chi connectivity index (χ2n) is 8.90. The van der Waals surface area contributed by atoms with Crippen LogP contribution in [0.1, 0.15) is 41.9 Å². The molecule has 1 aliphatic heterocycles. The Bertz CT molecular complexity index is 1500. The number of carbonyl (C=O) groups excluding carboxylic acids is 2. The SMILES string of the molecule is COC(=O)Cn1c(=O)c2c(n(Cc3ccccc3)c1=O)NC1=C(C(=O)CCC1)[C@@H]2c1ccc(O)cc1. The first kappa shape index (κ1) is 23.3. The van der Waals surface area contributed by atoms with Gasteiger partial charge in [0.05, 0.1) is 19.2 Å². The second-order valence-corrected chi connectivity index (χ2v) is 8.90. The number of benzene rings is 2. The summed E-state index contributed by atoms with van der Waals surface area (Å²) in [5.74, 6) is -1.22. The van der Waals surface area contributed by atoms with Crippen molar-refractivity contribution in [2.24, 2.45) is 0 Å². The molecule has 2 N–H and O–H groups in total. The summed E-state index contributed by atoms with van der Waals surface area (Å²) in [4.78, 5) is 52.7. The van der Waals surface area contributed by atoms with Gasteiger partial charge >= 0.3 is 11.7 Å². The van der Waals surface area contributed by atoms with Crippen LogP contribution in [-0.2, 0) is 27.4 Å². The summed E-state index contributed by atoms with van der Waals surface area (Å²) in [6.07, 6.45) is 1.61. The average Bonchev–Trinajstić information content (AvgIpc) is 2.89. The minimum atomic E-state index is -0.760. The maximum Gasteiger partial charge on any atom is 0.333 e. The van der Waals surface area contributed by atoms with Crippen LogP contribution in [0.25, 0.3) is 0 Å². The Kier molecular flexibility index (Phi) is 6.05. The van der Waals surface area contributed by atoms with Gasteiger partial charge < -0.3 is 15.2 Å². The lowest BCUT2D eigenvalue weighted by Gasteiger charge is -2.35. The molecule has 2 aliphatic rings. The third-order valence-electron chi connectivity index (χ3n) is 6.69. The van der Waals surface area contributed by atoms with Gasteiger partial charge in [-0.15, -0.1) is 0 Å². The highest BCUT2D eigenvalue weighted by molar-refractivity contribution is 6.00. The third-order valence-corrected chi connectivity index (χ3v) is 6.69. The summed E-state index contributed by atoms with van der Waals surface area (Å²) in [6.45, 7) is -0.409. The number of aromatic hydroxyl groups is 1. The fraction of sp³-hybridized carbons (Fsp3) is 0.259. The van der Waals surface area contributed by atoms with Crippen molar-refractivity contribution >= 4 is 17.6 Å². The molecule has 0 fully saturated rings. The number of esters is 1. The first-order valence-electron chi connectivity index (χ1n) is 11.7. The van der Waals surface area contributed by atoms with Crippen molar-refractivity contribution in [2.45, 2.75) is 38.3 Å². The molecule has 2 heterocycles. The lowest BCUT2D eigenvalue weighted by atomic mass is 9.76. The van der Waals surface area contributed by atoms with Crippen molar-refractivity contribution in [3.63, 3.8) is 0 Å². The van der Waals surface area contributed by atoms with Crippen molar-refractivity contribution in [3.8, 4) is 5.75 Å². The molecule has 0 spiro atoms. The summed E-state index contributed by atoms with van der Waals surface area (Å²) in [6, 6.07) is 15.6. The van der Waals surface area contributed by atoms with Crippen LogP contribution in [0.15, 0.2) is 75.5 Å². The van der Waals surface area contributed by atoms with E-state index in [-0.39, 0.29) is 23.6 Å². The monoisotopic (exact) mass is 487 g/mol. The molecule has 1 aliphatic carbocycles. The predicted octanol–water partition coefficient (Wildman–Crippen LogP) is 2.50. The minimum Gasteiger partial charge on any atom is -0.508 e. The van der Waals surface area contributed by atoms with E-state index in [4.69, 9.17) is 4.74 Å². The standard InChI is InChI=1S/C27H25N3O6/c1-36-21(33)15-30-26(34)24-22(17-10-12-18(31)13-11-17)23-19(8-5-9-20(23)32)28-25(24)29(27(30)35)14-16-6-3-2-4-7-16/h2-4,6-7,10-13,22,28,31H,5,8-9,14-15H2,1H3/t22-/m0/s1. The number of nitrogens with one attached hydrogen (secondary N) is 1. The first-order chi connectivity index (χ1) is 17.4. The van der Waals surface area contributed by atoms with E-state index >= 15 is 0 Å². The van der Waals surface area contributed by atoms with Gasteiger partial charge in [0.1, 0.15) is 18.1 Å². The number of aromatic nitrogens is 2. The summed E-state index contributed by atoms with van der Waals surface area (Å²) < 4.78 is 7.04. The number of rotatable bonds is 5. The zero-order chi connectivity index (χ0) is 25.4. The van der Waals surface area contributed by atoms with E-state index < -0.39 is 29.7 Å². The number of nitrogens with zero attached hydrogens (tertiary/aromatic N) is 2. The molecule has 0 bridgehead atoms. The summed E-state index contributed by atoms with van der Waals surface area (Å²) in [5, 5.41) is 13.1. The molecule has 184 valence electrons. The van der Waals surface area contributed by atoms with E-state index in [1.165, 1.54) is 23.8 Å². The van der Waals surface area contributed by atoms with Crippen molar-refractivity contribution < 1.29 is 19.4 Å². The number of phenols is 1. The van der Waals surface area contributed by atoms with E-state index in [9.17, 15) is 24.3 Å². The van der Waals surface area contributed by atoms with Gasteiger partial charge in [-0.2, -0.15) is 0 Å². The van der Waals surface area contributed by atoms with E-state index in [1.807, 2.05) is 30.3 Å². The van der Waals surface area contributed by atoms with Gasteiger partial charge in [-0.05, 0) is 36.1 Å². The molecule has 0 unspecified atom stereocenters. The molecule has 3 aromatic rings. The Morgan fingerprint density at radius 2 is 1.75 bits per heavy atom. The molecule has 5 rings (SSSR count). The van der Waals surface area contributed by atoms with Gasteiger partial charge in [0.15, 0.2) is 5.78 Å². The van der Waals surface area contributed by atoms with Gasteiger partial charge in [-0.3, -0.25) is 19.0 Å². The summed E-state index contributed by atoms with van der Waals surface area (Å²) >= 11 is 0. The highest BCUT2D eigenvalue weighted by Crippen LogP contribution is 2.43. The smallest absolute Gasteiger partial charge is 0.333 e. The van der Waals surface area contributed by atoms with Crippen molar-refractivity contribution in [1.82, 2.24) is 9.13 Å². The molecule has 0 saturated heterocycles. The van der Waals surface area contributed by atoms with Crippen LogP contribution in [-0.4, -0.2) is 33.1 Å². The zero-order valence-corrected chi connectivity index (χ0v) is 19.7. The van der Waals surface area contributed by atoms with Crippen LogP contribution < -0.4 is 16.6 Å². The van der Waals surface area contributed by atoms with Crippen LogP contribution in [0.5, 0.6) is 5.75 Å². The van der Waals surface area contributed by atoms with Gasteiger partial charge in [0, 0.05) is 23.6 Å². The third kappa shape index (κ3) is 4.02. The van der Waals surface area contributed by atoms with E-state index in [0.717, 1.165) is 10.1 Å². The first-order valence-corrected chi connectivity index (χ1v) is 11.7. The van der Waals surface area contributed by atoms with E-state index in [0.29, 0.717) is 41.9 Å². The molecule has 2 aromatic carbocycles. The van der Waals surface area contributed by atoms with Crippen LogP contribution in [0.2, 0.25) is 0 Å². The minimum absolute atomic E-state index is 0.0502. The van der Waals surface area contributed by atoms with Crippen LogP contribution in [0, 0.1) is 0 Å². The van der Waals surface area contributed by atoms with Crippen LogP contribution in [0.3, 0.4) is 0 Å². The molecule has 36 heavy (non-hydrogen) atoms. The largest absolute Gasteiger partial charge is 0.508 e. The van der Waals surface area contributed by atoms with Crippen LogP contribution >= 0.6 is 0 Å². The maximum absolute atomic E-state index is 13.8. The summed E-state index contributed by atoms with van der Waals surface area (Å²) in [7, 11) is 1.19. The van der Waals surface area contributed by atoms with Gasteiger partial charge in [-0.25, -0.2) is 9.36 Å². The Morgan fingerprint density at radius 3 is 2.44 bits per heavy atom. The number of fused-ring (bicyclic) bond motifs is 1. The normalized spacial score (nSPS) is 16.7. The zero-order valence-electron chi connectivity index (χ0n) is 19.7. The molecule has 1 atom stereocenters. The Labute approximate surface area is 206 Å². The quantitative estimate of drug-likeness (QED) is 0.531. The number of carbonyl (C=O) groups is 2. The lowest BCUT2D eigenvalue weighted by Crippen LogP contribution is -2.47. The van der Waals surface area contributed by atoms with E-state index in [2.05, 4.69) is 5.32 Å². The van der Waals surface area contributed by atoms with Crippen molar-refractivity contribution in [1.29, 1.82) is 0 Å². The molecule has 0 radical (unpaired) electrons. The molecule has 1 aromatic heterocycles. The lowest BCUT2D eigenvalue weighted by molar-refractivity contribution is -0.141. The fourth-order valence-electron chi connectivity index (χ4n) is 4.98. The van der Waals surface area contributed by atoms with Crippen molar-refractivity contribution in [3.05, 3.63) is 103 Å². The van der Waals surface area contributed by atoms with Gasteiger partial charge in [0.2, 0.25) is 0 Å². The molecule has 0 saturated carbocycles. The maximum atomic E-state index is 13.8. The molecule has 0 amide bonds. The van der Waals surface area contributed by atoms with Gasteiger partial charge in [-0.1, -0.05) is 42.5 Å². The molecular weight excluding hydrogens is 462 g/mol. The number of hydrogen-bond donors (Lipinski definition) is 2.